The SMILES string of the molecule is [2H]C([2H])(C=CCC1C(O)CC(O)C1C=CC(O)CCCCC)C([2H])([2H])CC(=O)O. The van der Waals surface area contributed by atoms with E-state index >= 15 is 0 Å². The van der Waals surface area contributed by atoms with Gasteiger partial charge >= 0.3 is 5.97 Å². The van der Waals surface area contributed by atoms with Crippen LogP contribution in [0.1, 0.15) is 70.1 Å². The van der Waals surface area contributed by atoms with E-state index in [1.54, 1.807) is 12.2 Å². The van der Waals surface area contributed by atoms with Gasteiger partial charge in [-0.2, -0.15) is 0 Å². The Morgan fingerprint density at radius 3 is 2.72 bits per heavy atom. The van der Waals surface area contributed by atoms with Crippen LogP contribution >= 0.6 is 0 Å². The average Bonchev–Trinajstić information content (AvgIpc) is 2.85. The molecule has 1 aliphatic carbocycles. The Bertz CT molecular complexity index is 579. The first kappa shape index (κ1) is 16.0. The van der Waals surface area contributed by atoms with Crippen molar-refractivity contribution < 1.29 is 30.7 Å². The third kappa shape index (κ3) is 8.66. The summed E-state index contributed by atoms with van der Waals surface area (Å²) >= 11 is 0. The molecule has 5 nitrogen and oxygen atoms in total. The van der Waals surface area contributed by atoms with Gasteiger partial charge in [0.1, 0.15) is 0 Å². The largest absolute Gasteiger partial charge is 0.481 e. The van der Waals surface area contributed by atoms with Crippen molar-refractivity contribution >= 4 is 5.97 Å². The number of aliphatic hydroxyl groups excluding tert-OH is 3. The van der Waals surface area contributed by atoms with Crippen LogP contribution in [0.4, 0.5) is 0 Å². The minimum atomic E-state index is -2.58. The normalized spacial score (nSPS) is 31.7. The lowest BCUT2D eigenvalue weighted by atomic mass is 9.89. The van der Waals surface area contributed by atoms with Crippen LogP contribution in [0.2, 0.25) is 0 Å². The average molecular weight is 359 g/mol. The molecule has 0 bridgehead atoms. The molecule has 25 heavy (non-hydrogen) atoms. The molecule has 1 fully saturated rings. The zero-order chi connectivity index (χ0) is 22.2. The second-order valence-electron chi connectivity index (χ2n) is 6.59. The number of aliphatic carboxylic acids is 1. The fraction of sp³-hybridized carbons (Fsp3) is 0.750. The van der Waals surface area contributed by atoms with E-state index in [9.17, 15) is 20.1 Å². The zero-order valence-corrected chi connectivity index (χ0v) is 14.8. The first-order valence-corrected chi connectivity index (χ1v) is 9.03. The second-order valence-corrected chi connectivity index (χ2v) is 6.59. The van der Waals surface area contributed by atoms with Crippen LogP contribution in [-0.2, 0) is 4.79 Å². The van der Waals surface area contributed by atoms with Crippen molar-refractivity contribution in [2.24, 2.45) is 11.8 Å². The van der Waals surface area contributed by atoms with Crippen molar-refractivity contribution in [2.45, 2.75) is 82.9 Å². The lowest BCUT2D eigenvalue weighted by molar-refractivity contribution is -0.137. The Hall–Kier alpha value is -1.17. The van der Waals surface area contributed by atoms with Gasteiger partial charge in [0.2, 0.25) is 0 Å². The third-order valence-corrected chi connectivity index (χ3v) is 4.53. The topological polar surface area (TPSA) is 98.0 Å². The molecule has 0 radical (unpaired) electrons. The van der Waals surface area contributed by atoms with Crippen molar-refractivity contribution in [3.8, 4) is 0 Å². The van der Waals surface area contributed by atoms with Gasteiger partial charge in [0, 0.05) is 24.2 Å². The minimum absolute atomic E-state index is 0.173. The maximum absolute atomic E-state index is 10.8. The highest BCUT2D eigenvalue weighted by atomic mass is 16.4. The molecule has 0 heterocycles. The maximum atomic E-state index is 10.8. The number of hydrogen-bond acceptors (Lipinski definition) is 4. The molecule has 1 aliphatic rings. The Labute approximate surface area is 156 Å². The summed E-state index contributed by atoms with van der Waals surface area (Å²) in [6.07, 6.45) is 1.45. The quantitative estimate of drug-likeness (QED) is 0.317. The van der Waals surface area contributed by atoms with Crippen LogP contribution in [0.5, 0.6) is 0 Å². The molecular weight excluding hydrogens is 320 g/mol. The Morgan fingerprint density at radius 2 is 2.04 bits per heavy atom. The Balaban J connectivity index is 2.76. The summed E-state index contributed by atoms with van der Waals surface area (Å²) in [7, 11) is 0. The van der Waals surface area contributed by atoms with Crippen molar-refractivity contribution in [1.29, 1.82) is 0 Å². The number of carboxylic acid groups (broad SMARTS) is 1. The van der Waals surface area contributed by atoms with Crippen LogP contribution in [0.25, 0.3) is 0 Å². The van der Waals surface area contributed by atoms with Crippen molar-refractivity contribution in [1.82, 2.24) is 0 Å². The predicted molar refractivity (Wildman–Crippen MR) is 98.1 cm³/mol. The first-order chi connectivity index (χ1) is 13.4. The number of aliphatic hydroxyl groups is 3. The van der Waals surface area contributed by atoms with Crippen LogP contribution in [0, 0.1) is 11.8 Å². The molecule has 5 heteroatoms. The lowest BCUT2D eigenvalue weighted by Gasteiger charge is -2.19. The predicted octanol–water partition coefficient (Wildman–Crippen LogP) is 3.04. The number of carbonyl (C=O) groups is 1. The minimum Gasteiger partial charge on any atom is -0.481 e. The number of allylic oxidation sites excluding steroid dienone is 2. The van der Waals surface area contributed by atoms with E-state index in [0.29, 0.717) is 6.42 Å². The fourth-order valence-corrected chi connectivity index (χ4v) is 3.13. The lowest BCUT2D eigenvalue weighted by Crippen LogP contribution is -2.20. The summed E-state index contributed by atoms with van der Waals surface area (Å²) < 4.78 is 31.0. The van der Waals surface area contributed by atoms with E-state index in [-0.39, 0.29) is 12.8 Å². The van der Waals surface area contributed by atoms with E-state index in [4.69, 9.17) is 10.6 Å². The Morgan fingerprint density at radius 1 is 1.28 bits per heavy atom. The van der Waals surface area contributed by atoms with Crippen molar-refractivity contribution in [3.05, 3.63) is 24.3 Å². The molecule has 4 N–H and O–H groups in total. The summed E-state index contributed by atoms with van der Waals surface area (Å²) in [6, 6.07) is 0. The molecule has 0 aliphatic heterocycles. The number of carboxylic acids is 1. The molecule has 0 aromatic carbocycles. The molecule has 0 amide bonds. The Kier molecular flexibility index (Phi) is 7.84. The molecule has 0 saturated heterocycles. The smallest absolute Gasteiger partial charge is 0.303 e. The van der Waals surface area contributed by atoms with Gasteiger partial charge in [-0.1, -0.05) is 50.5 Å². The zero-order valence-electron chi connectivity index (χ0n) is 18.8. The molecule has 0 aromatic heterocycles. The first-order valence-electron chi connectivity index (χ1n) is 11.0. The molecule has 5 atom stereocenters. The van der Waals surface area contributed by atoms with E-state index in [2.05, 4.69) is 6.92 Å². The highest BCUT2D eigenvalue weighted by Crippen LogP contribution is 2.36. The molecule has 5 unspecified atom stereocenters. The van der Waals surface area contributed by atoms with E-state index < -0.39 is 55.3 Å². The van der Waals surface area contributed by atoms with Gasteiger partial charge in [-0.25, -0.2) is 0 Å². The van der Waals surface area contributed by atoms with Gasteiger partial charge in [0.05, 0.1) is 18.3 Å². The summed E-state index contributed by atoms with van der Waals surface area (Å²) in [5.41, 5.74) is 0. The molecule has 0 aromatic rings. The summed E-state index contributed by atoms with van der Waals surface area (Å²) in [6.45, 7) is 2.08. The van der Waals surface area contributed by atoms with Gasteiger partial charge in [-0.15, -0.1) is 0 Å². The monoisotopic (exact) mass is 358 g/mol. The number of unbranched alkanes of at least 4 members (excludes halogenated alkanes) is 2. The molecule has 1 rings (SSSR count). The number of rotatable bonds is 12. The highest BCUT2D eigenvalue weighted by molar-refractivity contribution is 5.66. The molecule has 1 saturated carbocycles. The standard InChI is InChI=1S/C20H34O5/c1-2-3-6-9-15(21)12-13-17-16(18(22)14-19(17)23)10-7-4-5-8-11-20(24)25/h4,7,12-13,15-19,21-23H,2-3,5-6,8-11,14H2,1H3,(H,24,25)/i5D2,8D2. The maximum Gasteiger partial charge on any atom is 0.303 e. The van der Waals surface area contributed by atoms with Gasteiger partial charge < -0.3 is 20.4 Å². The second kappa shape index (κ2) is 12.2. The van der Waals surface area contributed by atoms with Crippen LogP contribution in [0.15, 0.2) is 24.3 Å². The molecule has 0 spiro atoms. The molecule has 144 valence electrons. The van der Waals surface area contributed by atoms with Crippen molar-refractivity contribution in [3.63, 3.8) is 0 Å². The fourth-order valence-electron chi connectivity index (χ4n) is 3.13. The molecular formula is C20H34O5. The van der Waals surface area contributed by atoms with Gasteiger partial charge in [-0.05, 0) is 31.5 Å². The van der Waals surface area contributed by atoms with E-state index in [1.165, 1.54) is 6.08 Å². The van der Waals surface area contributed by atoms with E-state index in [0.717, 1.165) is 25.3 Å². The summed E-state index contributed by atoms with van der Waals surface area (Å²) in [4.78, 5) is 10.8. The van der Waals surface area contributed by atoms with E-state index in [1.807, 2.05) is 0 Å². The van der Waals surface area contributed by atoms with Crippen LogP contribution < -0.4 is 0 Å². The van der Waals surface area contributed by atoms with Gasteiger partial charge in [-0.3, -0.25) is 4.79 Å². The van der Waals surface area contributed by atoms with Crippen LogP contribution in [0.3, 0.4) is 0 Å². The highest BCUT2D eigenvalue weighted by Gasteiger charge is 2.39. The summed E-state index contributed by atoms with van der Waals surface area (Å²) in [5, 5.41) is 39.3. The van der Waals surface area contributed by atoms with Crippen LogP contribution in [-0.4, -0.2) is 44.7 Å². The van der Waals surface area contributed by atoms with Gasteiger partial charge in [0.15, 0.2) is 0 Å². The number of hydrogen-bond donors (Lipinski definition) is 4. The van der Waals surface area contributed by atoms with Gasteiger partial charge in [0.25, 0.3) is 0 Å². The third-order valence-electron chi connectivity index (χ3n) is 4.53. The van der Waals surface area contributed by atoms with Crippen molar-refractivity contribution in [2.75, 3.05) is 0 Å². The summed E-state index contributed by atoms with van der Waals surface area (Å²) in [5.74, 6) is -2.23.